The Labute approximate surface area is 230 Å². The van der Waals surface area contributed by atoms with Crippen LogP contribution in [0.4, 0.5) is 0 Å². The molecule has 36 heavy (non-hydrogen) atoms. The summed E-state index contributed by atoms with van der Waals surface area (Å²) in [6.45, 7) is 21.4. The average Bonchev–Trinajstić information content (AvgIpc) is 3.19. The molecule has 0 aromatic carbocycles. The Bertz CT molecular complexity index is 856. The molecule has 1 aliphatic heterocycles. The first kappa shape index (κ1) is 32.9. The van der Waals surface area contributed by atoms with Crippen LogP contribution >= 0.6 is 24.0 Å². The lowest BCUT2D eigenvalue weighted by Crippen LogP contribution is -2.52. The van der Waals surface area contributed by atoms with Gasteiger partial charge in [-0.25, -0.2) is 0 Å². The number of thiocarbonyl (C=S) groups is 1. The summed E-state index contributed by atoms with van der Waals surface area (Å²) in [5, 5.41) is 22.8. The number of nitriles is 1. The molecule has 4 unspecified atom stereocenters. The van der Waals surface area contributed by atoms with Gasteiger partial charge in [0.1, 0.15) is 11.6 Å². The van der Waals surface area contributed by atoms with E-state index in [1.807, 2.05) is 13.8 Å². The van der Waals surface area contributed by atoms with Crippen LogP contribution in [0.3, 0.4) is 0 Å². The van der Waals surface area contributed by atoms with E-state index in [0.29, 0.717) is 29.5 Å². The van der Waals surface area contributed by atoms with Crippen molar-refractivity contribution in [1.82, 2.24) is 10.2 Å². The highest BCUT2D eigenvalue weighted by Crippen LogP contribution is 2.56. The molecule has 1 aliphatic rings. The normalized spacial score (nSPS) is 19.8. The van der Waals surface area contributed by atoms with E-state index in [9.17, 15) is 20.0 Å². The summed E-state index contributed by atoms with van der Waals surface area (Å²) in [5.74, 6) is 1.16. The Hall–Kier alpha value is -1.11. The van der Waals surface area contributed by atoms with E-state index >= 15 is 0 Å². The van der Waals surface area contributed by atoms with E-state index in [1.165, 1.54) is 11.8 Å². The van der Waals surface area contributed by atoms with Crippen molar-refractivity contribution in [3.8, 4) is 6.07 Å². The van der Waals surface area contributed by atoms with Gasteiger partial charge in [-0.05, 0) is 43.3 Å². The first-order valence-corrected chi connectivity index (χ1v) is 14.6. The van der Waals surface area contributed by atoms with E-state index in [4.69, 9.17) is 12.2 Å². The Morgan fingerprint density at radius 2 is 1.78 bits per heavy atom. The summed E-state index contributed by atoms with van der Waals surface area (Å²) in [5.41, 5.74) is -1.95. The van der Waals surface area contributed by atoms with Gasteiger partial charge in [0.2, 0.25) is 11.8 Å². The largest absolute Gasteiger partial charge is 0.392 e. The topological polar surface area (TPSA) is 93.4 Å². The molecule has 0 aromatic heterocycles. The van der Waals surface area contributed by atoms with Crippen molar-refractivity contribution in [2.75, 3.05) is 18.8 Å². The molecule has 0 aliphatic carbocycles. The monoisotopic (exact) mass is 537 g/mol. The van der Waals surface area contributed by atoms with Crippen LogP contribution in [0, 0.1) is 33.5 Å². The van der Waals surface area contributed by atoms with Gasteiger partial charge < -0.3 is 10.4 Å². The molecule has 0 aromatic rings. The summed E-state index contributed by atoms with van der Waals surface area (Å²) in [4.78, 5) is 28.1. The van der Waals surface area contributed by atoms with Crippen molar-refractivity contribution < 1.29 is 14.7 Å². The molecule has 1 saturated heterocycles. The fraction of sp³-hybridized carbons (Fsp3) is 0.852. The van der Waals surface area contributed by atoms with Crippen molar-refractivity contribution in [2.45, 2.75) is 106 Å². The maximum atomic E-state index is 13.6. The standard InChI is InChI=1S/C27H48BN3O3S2/c1-18(2)28-25(7,8)27(10,22(34)30-16-20(4)32)15-19(3)24(5,6)26(9,17-29)12-11-21(33)31-13-14-36-23(31)35/h18-20,28,32H,11-16H2,1-10H3,(H,30,34). The van der Waals surface area contributed by atoms with Gasteiger partial charge in [-0.3, -0.25) is 14.5 Å². The number of aliphatic hydroxyl groups excluding tert-OH is 1. The molecular formula is C27H48BN3O3S2. The molecule has 0 spiro atoms. The zero-order valence-electron chi connectivity index (χ0n) is 24.2. The number of carbonyl (C=O) groups is 2. The van der Waals surface area contributed by atoms with Gasteiger partial charge in [-0.2, -0.15) is 5.26 Å². The van der Waals surface area contributed by atoms with Crippen LogP contribution in [0.2, 0.25) is 11.1 Å². The smallest absolute Gasteiger partial charge is 0.228 e. The summed E-state index contributed by atoms with van der Waals surface area (Å²) >= 11 is 6.83. The van der Waals surface area contributed by atoms with E-state index in [-0.39, 0.29) is 36.0 Å². The van der Waals surface area contributed by atoms with Crippen molar-refractivity contribution in [3.63, 3.8) is 0 Å². The highest BCUT2D eigenvalue weighted by molar-refractivity contribution is 8.23. The lowest BCUT2D eigenvalue weighted by molar-refractivity contribution is -0.134. The van der Waals surface area contributed by atoms with Crippen LogP contribution in [0.25, 0.3) is 0 Å². The Morgan fingerprint density at radius 3 is 2.22 bits per heavy atom. The Balaban J connectivity index is 3.21. The molecule has 1 fully saturated rings. The number of nitrogens with zero attached hydrogens (tertiary/aromatic N) is 2. The summed E-state index contributed by atoms with van der Waals surface area (Å²) in [7, 11) is 0.872. The van der Waals surface area contributed by atoms with Crippen LogP contribution in [0.5, 0.6) is 0 Å². The van der Waals surface area contributed by atoms with Gasteiger partial charge in [0.05, 0.1) is 17.6 Å². The van der Waals surface area contributed by atoms with Gasteiger partial charge in [0.25, 0.3) is 0 Å². The third-order valence-electron chi connectivity index (χ3n) is 8.99. The molecule has 1 rings (SSSR count). The first-order valence-electron chi connectivity index (χ1n) is 13.2. The van der Waals surface area contributed by atoms with Crippen LogP contribution in [0.15, 0.2) is 0 Å². The Kier molecular flexibility index (Phi) is 11.5. The summed E-state index contributed by atoms with van der Waals surface area (Å²) < 4.78 is 0.623. The highest BCUT2D eigenvalue weighted by atomic mass is 32.2. The van der Waals surface area contributed by atoms with Crippen molar-refractivity contribution >= 4 is 47.4 Å². The molecule has 9 heteroatoms. The maximum absolute atomic E-state index is 13.6. The van der Waals surface area contributed by atoms with Gasteiger partial charge in [0, 0.05) is 30.7 Å². The van der Waals surface area contributed by atoms with E-state index in [0.717, 1.165) is 13.0 Å². The van der Waals surface area contributed by atoms with Crippen LogP contribution in [-0.2, 0) is 9.59 Å². The zero-order chi connectivity index (χ0) is 28.1. The number of amides is 2. The maximum Gasteiger partial charge on any atom is 0.228 e. The summed E-state index contributed by atoms with van der Waals surface area (Å²) in [6.07, 6.45) is 0.667. The number of carbonyl (C=O) groups excluding carboxylic acids is 2. The van der Waals surface area contributed by atoms with Crippen molar-refractivity contribution in [2.24, 2.45) is 22.2 Å². The molecule has 0 bridgehead atoms. The molecule has 0 saturated carbocycles. The third kappa shape index (κ3) is 7.48. The number of hydrogen-bond donors (Lipinski definition) is 2. The fourth-order valence-corrected chi connectivity index (χ4v) is 6.64. The molecule has 6 nitrogen and oxygen atoms in total. The lowest BCUT2D eigenvalue weighted by atomic mass is 9.38. The lowest BCUT2D eigenvalue weighted by Gasteiger charge is -2.50. The SMILES string of the molecule is CC(C)BC(C)(C)C(C)(CC(C)C(C)(C)C(C)(C#N)CCC(=O)N1CCSC1=S)C(=O)NCC(C)O. The minimum Gasteiger partial charge on any atom is -0.392 e. The average molecular weight is 538 g/mol. The number of rotatable bonds is 13. The number of aliphatic hydroxyl groups is 1. The van der Waals surface area contributed by atoms with Gasteiger partial charge in [0.15, 0.2) is 0 Å². The Morgan fingerprint density at radius 1 is 1.19 bits per heavy atom. The van der Waals surface area contributed by atoms with Gasteiger partial charge in [-0.1, -0.05) is 85.2 Å². The van der Waals surface area contributed by atoms with E-state index in [1.54, 1.807) is 11.8 Å². The number of thioether (sulfide) groups is 1. The predicted molar refractivity (Wildman–Crippen MR) is 156 cm³/mol. The number of nitrogens with one attached hydrogen (secondary N) is 1. The minimum atomic E-state index is -0.768. The molecular weight excluding hydrogens is 489 g/mol. The fourth-order valence-electron chi connectivity index (χ4n) is 5.40. The quantitative estimate of drug-likeness (QED) is 0.249. The second-order valence-corrected chi connectivity index (χ2v) is 14.5. The number of hydrogen-bond acceptors (Lipinski definition) is 6. The summed E-state index contributed by atoms with van der Waals surface area (Å²) in [6, 6.07) is 2.54. The van der Waals surface area contributed by atoms with E-state index in [2.05, 4.69) is 59.9 Å². The second kappa shape index (κ2) is 12.6. The predicted octanol–water partition coefficient (Wildman–Crippen LogP) is 5.18. The van der Waals surface area contributed by atoms with Crippen LogP contribution in [-0.4, -0.2) is 58.4 Å². The first-order chi connectivity index (χ1) is 16.3. The second-order valence-electron chi connectivity index (χ2n) is 12.8. The molecule has 204 valence electrons. The molecule has 2 N–H and O–H groups in total. The minimum absolute atomic E-state index is 0.00871. The highest BCUT2D eigenvalue weighted by Gasteiger charge is 2.52. The molecule has 0 radical (unpaired) electrons. The van der Waals surface area contributed by atoms with Crippen LogP contribution < -0.4 is 5.32 Å². The molecule has 2 amide bonds. The third-order valence-corrected chi connectivity index (χ3v) is 10.4. The van der Waals surface area contributed by atoms with Gasteiger partial charge in [-0.15, -0.1) is 0 Å². The molecule has 4 atom stereocenters. The van der Waals surface area contributed by atoms with Gasteiger partial charge >= 0.3 is 0 Å². The molecule has 1 heterocycles. The van der Waals surface area contributed by atoms with Crippen LogP contribution in [0.1, 0.15) is 88.5 Å². The zero-order valence-corrected chi connectivity index (χ0v) is 25.8. The van der Waals surface area contributed by atoms with Crippen molar-refractivity contribution in [3.05, 3.63) is 0 Å². The van der Waals surface area contributed by atoms with E-state index < -0.39 is 22.3 Å². The van der Waals surface area contributed by atoms with Crippen molar-refractivity contribution in [1.29, 1.82) is 5.26 Å².